The summed E-state index contributed by atoms with van der Waals surface area (Å²) in [6.45, 7) is 1.45. The molecular formula is C17H12ClFN2O3. The number of hydrogen-bond acceptors (Lipinski definition) is 3. The third kappa shape index (κ3) is 2.65. The molecule has 0 fully saturated rings. The molecule has 0 saturated heterocycles. The van der Waals surface area contributed by atoms with Crippen molar-refractivity contribution in [1.82, 2.24) is 4.90 Å². The highest BCUT2D eigenvalue weighted by Crippen LogP contribution is 2.25. The van der Waals surface area contributed by atoms with Gasteiger partial charge in [0.15, 0.2) is 0 Å². The van der Waals surface area contributed by atoms with Crippen LogP contribution in [-0.4, -0.2) is 28.7 Å². The number of carbonyl (C=O) groups is 3. The Kier molecular flexibility index (Phi) is 4.07. The number of anilines is 1. The Balaban J connectivity index is 1.80. The summed E-state index contributed by atoms with van der Waals surface area (Å²) < 4.78 is 13.2. The zero-order valence-electron chi connectivity index (χ0n) is 12.5. The third-order valence-electron chi connectivity index (χ3n) is 3.78. The molecule has 2 aromatic carbocycles. The number of nitrogens with zero attached hydrogens (tertiary/aromatic N) is 1. The molecule has 0 saturated carbocycles. The molecule has 3 rings (SSSR count). The Morgan fingerprint density at radius 3 is 2.25 bits per heavy atom. The van der Waals surface area contributed by atoms with Gasteiger partial charge in [-0.3, -0.25) is 19.3 Å². The van der Waals surface area contributed by atoms with Gasteiger partial charge in [0.2, 0.25) is 5.91 Å². The van der Waals surface area contributed by atoms with Gasteiger partial charge in [-0.05, 0) is 37.3 Å². The van der Waals surface area contributed by atoms with E-state index in [-0.39, 0.29) is 21.8 Å². The number of hydrogen-bond donors (Lipinski definition) is 1. The lowest BCUT2D eigenvalue weighted by Gasteiger charge is -2.21. The monoisotopic (exact) mass is 346 g/mol. The van der Waals surface area contributed by atoms with Crippen molar-refractivity contribution in [2.75, 3.05) is 5.32 Å². The first-order valence-corrected chi connectivity index (χ1v) is 7.51. The lowest BCUT2D eigenvalue weighted by atomic mass is 10.1. The summed E-state index contributed by atoms with van der Waals surface area (Å²) in [7, 11) is 0. The second kappa shape index (κ2) is 6.05. The number of amides is 3. The van der Waals surface area contributed by atoms with Gasteiger partial charge in [-0.15, -0.1) is 0 Å². The number of halogens is 2. The number of nitrogens with one attached hydrogen (secondary N) is 1. The SMILES string of the molecule is CC(C(=O)Nc1ccc(F)c(Cl)c1)N1C(=O)c2ccccc2C1=O. The average Bonchev–Trinajstić information content (AvgIpc) is 2.82. The summed E-state index contributed by atoms with van der Waals surface area (Å²) >= 11 is 5.67. The van der Waals surface area contributed by atoms with Gasteiger partial charge in [-0.25, -0.2) is 4.39 Å². The lowest BCUT2D eigenvalue weighted by molar-refractivity contribution is -0.119. The largest absolute Gasteiger partial charge is 0.324 e. The molecule has 3 amide bonds. The van der Waals surface area contributed by atoms with Gasteiger partial charge in [-0.1, -0.05) is 23.7 Å². The van der Waals surface area contributed by atoms with E-state index in [1.165, 1.54) is 19.1 Å². The number of rotatable bonds is 3. The highest BCUT2D eigenvalue weighted by molar-refractivity contribution is 6.31. The van der Waals surface area contributed by atoms with Crippen LogP contribution in [-0.2, 0) is 4.79 Å². The van der Waals surface area contributed by atoms with Crippen molar-refractivity contribution in [1.29, 1.82) is 0 Å². The Morgan fingerprint density at radius 1 is 1.12 bits per heavy atom. The molecule has 1 heterocycles. The Morgan fingerprint density at radius 2 is 1.71 bits per heavy atom. The van der Waals surface area contributed by atoms with Crippen LogP contribution in [0.1, 0.15) is 27.6 Å². The van der Waals surface area contributed by atoms with Gasteiger partial charge >= 0.3 is 0 Å². The Labute approximate surface area is 142 Å². The fourth-order valence-electron chi connectivity index (χ4n) is 2.50. The summed E-state index contributed by atoms with van der Waals surface area (Å²) in [6, 6.07) is 9.07. The van der Waals surface area contributed by atoms with Gasteiger partial charge in [0.05, 0.1) is 16.1 Å². The maximum atomic E-state index is 13.2. The van der Waals surface area contributed by atoms with Gasteiger partial charge < -0.3 is 5.32 Å². The standard InChI is InChI=1S/C17H12ClFN2O3/c1-9(15(22)20-10-6-7-14(19)13(18)8-10)21-16(23)11-4-2-3-5-12(11)17(21)24/h2-9H,1H3,(H,20,22). The number of imide groups is 1. The number of fused-ring (bicyclic) bond motifs is 1. The van der Waals surface area contributed by atoms with Crippen LogP contribution in [0.25, 0.3) is 0 Å². The smallest absolute Gasteiger partial charge is 0.262 e. The van der Waals surface area contributed by atoms with E-state index in [1.54, 1.807) is 24.3 Å². The molecule has 24 heavy (non-hydrogen) atoms. The fraction of sp³-hybridized carbons (Fsp3) is 0.118. The van der Waals surface area contributed by atoms with E-state index in [0.717, 1.165) is 11.0 Å². The highest BCUT2D eigenvalue weighted by Gasteiger charge is 2.40. The van der Waals surface area contributed by atoms with Crippen molar-refractivity contribution in [2.24, 2.45) is 0 Å². The maximum Gasteiger partial charge on any atom is 0.262 e. The third-order valence-corrected chi connectivity index (χ3v) is 4.07. The van der Waals surface area contributed by atoms with E-state index in [1.807, 2.05) is 0 Å². The Hall–Kier alpha value is -2.73. The summed E-state index contributed by atoms with van der Waals surface area (Å²) in [6.07, 6.45) is 0. The molecule has 1 unspecified atom stereocenters. The highest BCUT2D eigenvalue weighted by atomic mass is 35.5. The van der Waals surface area contributed by atoms with Crippen LogP contribution in [0.4, 0.5) is 10.1 Å². The fourth-order valence-corrected chi connectivity index (χ4v) is 2.68. The maximum absolute atomic E-state index is 13.2. The predicted octanol–water partition coefficient (Wildman–Crippen LogP) is 3.10. The normalized spacial score (nSPS) is 14.5. The van der Waals surface area contributed by atoms with E-state index < -0.39 is 29.6 Å². The minimum atomic E-state index is -1.03. The minimum absolute atomic E-state index is 0.138. The quantitative estimate of drug-likeness (QED) is 0.868. The van der Waals surface area contributed by atoms with Gasteiger partial charge in [-0.2, -0.15) is 0 Å². The van der Waals surface area contributed by atoms with Crippen LogP contribution >= 0.6 is 11.6 Å². The first kappa shape index (κ1) is 16.1. The van der Waals surface area contributed by atoms with Crippen LogP contribution in [0.5, 0.6) is 0 Å². The van der Waals surface area contributed by atoms with Gasteiger partial charge in [0.25, 0.3) is 11.8 Å². The molecule has 0 aliphatic carbocycles. The number of benzene rings is 2. The molecule has 7 heteroatoms. The van der Waals surface area contributed by atoms with Crippen molar-refractivity contribution in [3.8, 4) is 0 Å². The molecule has 0 radical (unpaired) electrons. The molecule has 1 N–H and O–H groups in total. The van der Waals surface area contributed by atoms with Crippen LogP contribution in [0.3, 0.4) is 0 Å². The molecule has 1 aliphatic heterocycles. The second-order valence-corrected chi connectivity index (χ2v) is 5.73. The minimum Gasteiger partial charge on any atom is -0.324 e. The van der Waals surface area contributed by atoms with Crippen LogP contribution < -0.4 is 5.32 Å². The average molecular weight is 347 g/mol. The summed E-state index contributed by atoms with van der Waals surface area (Å²) in [4.78, 5) is 38.0. The summed E-state index contributed by atoms with van der Waals surface area (Å²) in [5.74, 6) is -2.22. The molecule has 1 aliphatic rings. The van der Waals surface area contributed by atoms with Crippen molar-refractivity contribution in [2.45, 2.75) is 13.0 Å². The molecule has 5 nitrogen and oxygen atoms in total. The lowest BCUT2D eigenvalue weighted by Crippen LogP contribution is -2.45. The van der Waals surface area contributed by atoms with Crippen molar-refractivity contribution >= 4 is 35.0 Å². The van der Waals surface area contributed by atoms with Crippen LogP contribution in [0.15, 0.2) is 42.5 Å². The zero-order valence-corrected chi connectivity index (χ0v) is 13.3. The van der Waals surface area contributed by atoms with E-state index in [2.05, 4.69) is 5.32 Å². The second-order valence-electron chi connectivity index (χ2n) is 5.32. The van der Waals surface area contributed by atoms with E-state index in [4.69, 9.17) is 11.6 Å². The van der Waals surface area contributed by atoms with Gasteiger partial charge in [0, 0.05) is 5.69 Å². The zero-order chi connectivity index (χ0) is 17.4. The molecular weight excluding hydrogens is 335 g/mol. The van der Waals surface area contributed by atoms with E-state index in [9.17, 15) is 18.8 Å². The first-order valence-electron chi connectivity index (χ1n) is 7.13. The summed E-state index contributed by atoms with van der Waals surface area (Å²) in [5, 5.41) is 2.38. The topological polar surface area (TPSA) is 66.5 Å². The van der Waals surface area contributed by atoms with Crippen LogP contribution in [0.2, 0.25) is 5.02 Å². The summed E-state index contributed by atoms with van der Waals surface area (Å²) in [5.41, 5.74) is 0.814. The van der Waals surface area contributed by atoms with Crippen molar-refractivity contribution in [3.63, 3.8) is 0 Å². The van der Waals surface area contributed by atoms with E-state index >= 15 is 0 Å². The molecule has 1 atom stereocenters. The molecule has 0 aromatic heterocycles. The molecule has 0 spiro atoms. The molecule has 122 valence electrons. The molecule has 2 aromatic rings. The first-order chi connectivity index (χ1) is 11.4. The predicted molar refractivity (Wildman–Crippen MR) is 86.4 cm³/mol. The van der Waals surface area contributed by atoms with Crippen molar-refractivity contribution < 1.29 is 18.8 Å². The van der Waals surface area contributed by atoms with Gasteiger partial charge in [0.1, 0.15) is 11.9 Å². The van der Waals surface area contributed by atoms with Crippen LogP contribution in [0, 0.1) is 5.82 Å². The van der Waals surface area contributed by atoms with E-state index in [0.29, 0.717) is 0 Å². The molecule has 0 bridgehead atoms. The Bertz CT molecular complexity index is 834. The number of carbonyl (C=O) groups excluding carboxylic acids is 3. The van der Waals surface area contributed by atoms with Crippen molar-refractivity contribution in [3.05, 3.63) is 64.4 Å².